The van der Waals surface area contributed by atoms with Gasteiger partial charge in [-0.2, -0.15) is 0 Å². The van der Waals surface area contributed by atoms with Crippen LogP contribution in [0.15, 0.2) is 15.0 Å². The van der Waals surface area contributed by atoms with Gasteiger partial charge in [-0.05, 0) is 43.5 Å². The first-order valence-electron chi connectivity index (χ1n) is 4.99. The molecule has 5 nitrogen and oxygen atoms in total. The fourth-order valence-corrected chi connectivity index (χ4v) is 2.43. The summed E-state index contributed by atoms with van der Waals surface area (Å²) in [5.41, 5.74) is 6.57. The first kappa shape index (κ1) is 18.5. The fraction of sp³-hybridized carbons (Fsp3) is 0.364. The van der Waals surface area contributed by atoms with Gasteiger partial charge in [0, 0.05) is 10.5 Å². The molecule has 0 saturated carbocycles. The molecule has 0 saturated heterocycles. The molecule has 0 heterocycles. The lowest BCUT2D eigenvalue weighted by molar-refractivity contribution is -0.141. The predicted octanol–water partition coefficient (Wildman–Crippen LogP) is 2.91. The molecule has 0 bridgehead atoms. The Hall–Kier alpha value is -0.500. The molecular weight excluding hydrogens is 405 g/mol. The zero-order chi connectivity index (χ0) is 13.9. The molecule has 0 aliphatic heterocycles. The van der Waals surface area contributed by atoms with Crippen molar-refractivity contribution in [3.8, 4) is 11.5 Å². The van der Waals surface area contributed by atoms with Crippen LogP contribution in [-0.4, -0.2) is 25.3 Å². The van der Waals surface area contributed by atoms with Gasteiger partial charge in [0.15, 0.2) is 11.5 Å². The van der Waals surface area contributed by atoms with E-state index >= 15 is 0 Å². The Balaban J connectivity index is 0.00000324. The van der Waals surface area contributed by atoms with E-state index in [1.807, 2.05) is 0 Å². The number of aromatic hydroxyl groups is 1. The number of carbonyl (C=O) groups is 1. The first-order valence-corrected chi connectivity index (χ1v) is 6.58. The monoisotopic (exact) mass is 417 g/mol. The number of ether oxygens (including phenoxy) is 2. The van der Waals surface area contributed by atoms with E-state index in [4.69, 9.17) is 10.5 Å². The number of esters is 1. The summed E-state index contributed by atoms with van der Waals surface area (Å²) in [5.74, 6) is -0.156. The maximum atomic E-state index is 11.2. The van der Waals surface area contributed by atoms with Crippen molar-refractivity contribution in [1.82, 2.24) is 0 Å². The van der Waals surface area contributed by atoms with Gasteiger partial charge in [0.05, 0.1) is 25.1 Å². The van der Waals surface area contributed by atoms with E-state index in [9.17, 15) is 9.90 Å². The number of rotatable bonds is 4. The molecule has 0 spiro atoms. The van der Waals surface area contributed by atoms with Crippen molar-refractivity contribution in [2.24, 2.45) is 5.73 Å². The summed E-state index contributed by atoms with van der Waals surface area (Å²) in [7, 11) is 2.74. The fourth-order valence-electron chi connectivity index (χ4n) is 1.41. The Kier molecular flexibility index (Phi) is 7.73. The first-order chi connectivity index (χ1) is 8.42. The largest absolute Gasteiger partial charge is 0.503 e. The highest BCUT2D eigenvalue weighted by Crippen LogP contribution is 2.43. The summed E-state index contributed by atoms with van der Waals surface area (Å²) in [6.45, 7) is 0. The summed E-state index contributed by atoms with van der Waals surface area (Å²) in [6, 6.07) is 1.02. The quantitative estimate of drug-likeness (QED) is 0.734. The molecule has 0 amide bonds. The zero-order valence-electron chi connectivity index (χ0n) is 10.3. The number of carbonyl (C=O) groups excluding carboxylic acids is 1. The Labute approximate surface area is 134 Å². The molecule has 108 valence electrons. The standard InChI is InChI=1S/C11H13Br2NO4.ClH/c1-17-7-3-5(6(14)4-8(15)18-2)9(12)10(13)11(7)16;/h3,6,16H,4,14H2,1-2H3;1H/t6-;/m1./s1. The Morgan fingerprint density at radius 2 is 2.00 bits per heavy atom. The lowest BCUT2D eigenvalue weighted by atomic mass is 10.0. The highest BCUT2D eigenvalue weighted by Gasteiger charge is 2.21. The minimum atomic E-state index is -0.558. The summed E-state index contributed by atoms with van der Waals surface area (Å²) >= 11 is 6.54. The Morgan fingerprint density at radius 3 is 2.47 bits per heavy atom. The van der Waals surface area contributed by atoms with Crippen LogP contribution in [-0.2, 0) is 9.53 Å². The van der Waals surface area contributed by atoms with Gasteiger partial charge in [0.25, 0.3) is 0 Å². The smallest absolute Gasteiger partial charge is 0.307 e. The van der Waals surface area contributed by atoms with E-state index in [0.29, 0.717) is 14.5 Å². The lowest BCUT2D eigenvalue weighted by Crippen LogP contribution is -2.17. The number of nitrogens with two attached hydrogens (primary N) is 1. The van der Waals surface area contributed by atoms with Crippen LogP contribution in [0.3, 0.4) is 0 Å². The minimum Gasteiger partial charge on any atom is -0.503 e. The summed E-state index contributed by atoms with van der Waals surface area (Å²) in [5, 5.41) is 9.78. The second kappa shape index (κ2) is 7.94. The molecule has 3 N–H and O–H groups in total. The lowest BCUT2D eigenvalue weighted by Gasteiger charge is -2.16. The van der Waals surface area contributed by atoms with Crippen LogP contribution in [0.5, 0.6) is 11.5 Å². The van der Waals surface area contributed by atoms with Gasteiger partial charge >= 0.3 is 5.97 Å². The minimum absolute atomic E-state index is 0. The summed E-state index contributed by atoms with van der Waals surface area (Å²) in [6.07, 6.45) is 0.0372. The van der Waals surface area contributed by atoms with Gasteiger partial charge in [-0.25, -0.2) is 0 Å². The van der Waals surface area contributed by atoms with Crippen LogP contribution in [0, 0.1) is 0 Å². The normalized spacial score (nSPS) is 11.4. The van der Waals surface area contributed by atoms with E-state index in [1.165, 1.54) is 14.2 Å². The van der Waals surface area contributed by atoms with Crippen molar-refractivity contribution >= 4 is 50.2 Å². The van der Waals surface area contributed by atoms with E-state index < -0.39 is 12.0 Å². The molecule has 1 rings (SSSR count). The van der Waals surface area contributed by atoms with E-state index in [0.717, 1.165) is 0 Å². The Bertz CT molecular complexity index is 470. The third kappa shape index (κ3) is 4.24. The molecule has 1 aromatic carbocycles. The number of hydrogen-bond donors (Lipinski definition) is 2. The molecule has 8 heteroatoms. The summed E-state index contributed by atoms with van der Waals surface area (Å²) < 4.78 is 10.6. The van der Waals surface area contributed by atoms with E-state index in [-0.39, 0.29) is 30.3 Å². The van der Waals surface area contributed by atoms with Crippen LogP contribution in [0.2, 0.25) is 0 Å². The molecule has 0 fully saturated rings. The van der Waals surface area contributed by atoms with Gasteiger partial charge in [-0.3, -0.25) is 4.79 Å². The predicted molar refractivity (Wildman–Crippen MR) is 80.9 cm³/mol. The third-order valence-electron chi connectivity index (χ3n) is 2.41. The number of halogens is 3. The third-order valence-corrected chi connectivity index (χ3v) is 4.57. The molecule has 0 unspecified atom stereocenters. The molecule has 19 heavy (non-hydrogen) atoms. The van der Waals surface area contributed by atoms with Crippen LogP contribution in [0.1, 0.15) is 18.0 Å². The van der Waals surface area contributed by atoms with Crippen LogP contribution < -0.4 is 10.5 Å². The van der Waals surface area contributed by atoms with Crippen molar-refractivity contribution in [2.45, 2.75) is 12.5 Å². The highest BCUT2D eigenvalue weighted by molar-refractivity contribution is 9.13. The van der Waals surface area contributed by atoms with Gasteiger partial charge in [-0.15, -0.1) is 12.4 Å². The van der Waals surface area contributed by atoms with E-state index in [2.05, 4.69) is 36.6 Å². The second-order valence-corrected chi connectivity index (χ2v) is 5.12. The Morgan fingerprint density at radius 1 is 1.42 bits per heavy atom. The van der Waals surface area contributed by atoms with Gasteiger partial charge < -0.3 is 20.3 Å². The molecule has 0 radical (unpaired) electrons. The van der Waals surface area contributed by atoms with Crippen molar-refractivity contribution in [3.05, 3.63) is 20.6 Å². The molecule has 0 aliphatic carbocycles. The number of phenols is 1. The zero-order valence-corrected chi connectivity index (χ0v) is 14.3. The number of methoxy groups -OCH3 is 2. The molecule has 1 aromatic rings. The second-order valence-electron chi connectivity index (χ2n) is 3.53. The topological polar surface area (TPSA) is 81.8 Å². The average molecular weight is 419 g/mol. The highest BCUT2D eigenvalue weighted by atomic mass is 79.9. The maximum absolute atomic E-state index is 11.2. The van der Waals surface area contributed by atoms with E-state index in [1.54, 1.807) is 6.07 Å². The molecule has 0 aliphatic rings. The molecule has 0 aromatic heterocycles. The van der Waals surface area contributed by atoms with Gasteiger partial charge in [0.2, 0.25) is 0 Å². The van der Waals surface area contributed by atoms with Crippen LogP contribution >= 0.6 is 44.3 Å². The summed E-state index contributed by atoms with van der Waals surface area (Å²) in [4.78, 5) is 11.2. The van der Waals surface area contributed by atoms with Crippen molar-refractivity contribution in [3.63, 3.8) is 0 Å². The molecule has 1 atom stereocenters. The van der Waals surface area contributed by atoms with Crippen molar-refractivity contribution in [1.29, 1.82) is 0 Å². The number of phenolic OH excluding ortho intramolecular Hbond substituents is 1. The number of benzene rings is 1. The van der Waals surface area contributed by atoms with Crippen molar-refractivity contribution < 1.29 is 19.4 Å². The molecular formula is C11H14Br2ClNO4. The average Bonchev–Trinajstić information content (AvgIpc) is 2.36. The van der Waals surface area contributed by atoms with Gasteiger partial charge in [0.1, 0.15) is 0 Å². The maximum Gasteiger partial charge on any atom is 0.307 e. The number of hydrogen-bond acceptors (Lipinski definition) is 5. The van der Waals surface area contributed by atoms with Gasteiger partial charge in [-0.1, -0.05) is 0 Å². The van der Waals surface area contributed by atoms with Crippen molar-refractivity contribution in [2.75, 3.05) is 14.2 Å². The SMILES string of the molecule is COC(=O)C[C@@H](N)c1cc(OC)c(O)c(Br)c1Br.Cl. The van der Waals surface area contributed by atoms with Crippen LogP contribution in [0.4, 0.5) is 0 Å². The van der Waals surface area contributed by atoms with Crippen LogP contribution in [0.25, 0.3) is 0 Å².